The molecule has 0 rings (SSSR count). The molecule has 1 radical (unpaired) electrons. The number of carbonyl (C=O) groups is 2. The van der Waals surface area contributed by atoms with Crippen LogP contribution in [-0.2, 0) is 9.59 Å². The highest BCUT2D eigenvalue weighted by molar-refractivity contribution is 7.80. The van der Waals surface area contributed by atoms with Gasteiger partial charge in [-0.05, 0) is 0 Å². The van der Waals surface area contributed by atoms with Gasteiger partial charge >= 0.3 is 0 Å². The highest BCUT2D eigenvalue weighted by Crippen LogP contribution is 1.87. The molecular weight excluding hydrogens is 138 g/mol. The summed E-state index contributed by atoms with van der Waals surface area (Å²) in [7, 11) is 0. The molecule has 0 aliphatic rings. The monoisotopic (exact) mass is 146 g/mol. The molecule has 0 unspecified atom stereocenters. The smallest absolute Gasteiger partial charge is 0.161 e. The molecule has 0 aromatic rings. The minimum absolute atomic E-state index is 0.267. The fourth-order valence-electron chi connectivity index (χ4n) is 0.281. The lowest BCUT2D eigenvalue weighted by Gasteiger charge is -2.01. The van der Waals surface area contributed by atoms with Crippen LogP contribution in [0.3, 0.4) is 0 Å². The van der Waals surface area contributed by atoms with Crippen LogP contribution < -0.4 is 5.73 Å². The fourth-order valence-corrected chi connectivity index (χ4v) is 0.461. The number of ketones is 1. The highest BCUT2D eigenvalue weighted by atomic mass is 32.1. The SMILES string of the molecule is N[C@@H](CS)C(=O)[CH]C=O. The molecule has 0 saturated carbocycles. The quantitative estimate of drug-likeness (QED) is 0.310. The lowest BCUT2D eigenvalue weighted by Crippen LogP contribution is -2.32. The van der Waals surface area contributed by atoms with E-state index in [0.29, 0.717) is 6.29 Å². The average Bonchev–Trinajstić information content (AvgIpc) is 1.87. The number of hydrogen-bond donors (Lipinski definition) is 2. The van der Waals surface area contributed by atoms with Gasteiger partial charge < -0.3 is 10.5 Å². The first-order valence-electron chi connectivity index (χ1n) is 2.41. The van der Waals surface area contributed by atoms with Gasteiger partial charge in [0.15, 0.2) is 5.78 Å². The Balaban J connectivity index is 3.58. The van der Waals surface area contributed by atoms with Crippen LogP contribution in [0.15, 0.2) is 0 Å². The zero-order valence-corrected chi connectivity index (χ0v) is 5.67. The molecule has 3 nitrogen and oxygen atoms in total. The van der Waals surface area contributed by atoms with Crippen LogP contribution in [0.25, 0.3) is 0 Å². The summed E-state index contributed by atoms with van der Waals surface area (Å²) >= 11 is 3.77. The summed E-state index contributed by atoms with van der Waals surface area (Å²) in [6, 6.07) is -0.640. The molecule has 51 valence electrons. The highest BCUT2D eigenvalue weighted by Gasteiger charge is 2.09. The number of aldehydes is 1. The van der Waals surface area contributed by atoms with E-state index in [1.807, 2.05) is 0 Å². The van der Waals surface area contributed by atoms with Gasteiger partial charge in [0.1, 0.15) is 6.29 Å². The summed E-state index contributed by atoms with van der Waals surface area (Å²) in [5, 5.41) is 0. The van der Waals surface area contributed by atoms with E-state index < -0.39 is 6.04 Å². The second kappa shape index (κ2) is 4.52. The van der Waals surface area contributed by atoms with Crippen LogP contribution in [-0.4, -0.2) is 23.9 Å². The largest absolute Gasteiger partial charge is 0.321 e. The molecule has 0 aromatic heterocycles. The number of thiol groups is 1. The van der Waals surface area contributed by atoms with E-state index in [-0.39, 0.29) is 11.5 Å². The first kappa shape index (κ1) is 8.65. The van der Waals surface area contributed by atoms with E-state index in [0.717, 1.165) is 6.42 Å². The van der Waals surface area contributed by atoms with Crippen molar-refractivity contribution in [3.05, 3.63) is 6.42 Å². The Hall–Kier alpha value is -0.350. The maximum Gasteiger partial charge on any atom is 0.161 e. The molecular formula is C5H8NO2S. The fraction of sp³-hybridized carbons (Fsp3) is 0.400. The first-order valence-corrected chi connectivity index (χ1v) is 3.04. The van der Waals surface area contributed by atoms with Crippen molar-refractivity contribution in [2.45, 2.75) is 6.04 Å². The van der Waals surface area contributed by atoms with Crippen molar-refractivity contribution < 1.29 is 9.59 Å². The third-order valence-electron chi connectivity index (χ3n) is 0.794. The third kappa shape index (κ3) is 3.26. The van der Waals surface area contributed by atoms with Crippen LogP contribution in [0, 0.1) is 6.42 Å². The van der Waals surface area contributed by atoms with Crippen molar-refractivity contribution in [3.8, 4) is 0 Å². The van der Waals surface area contributed by atoms with Crippen molar-refractivity contribution in [2.75, 3.05) is 5.75 Å². The van der Waals surface area contributed by atoms with Crippen LogP contribution >= 0.6 is 12.6 Å². The van der Waals surface area contributed by atoms with Crippen LogP contribution in [0.4, 0.5) is 0 Å². The van der Waals surface area contributed by atoms with Crippen LogP contribution in [0.2, 0.25) is 0 Å². The summed E-state index contributed by atoms with van der Waals surface area (Å²) < 4.78 is 0. The van der Waals surface area contributed by atoms with Crippen molar-refractivity contribution in [2.24, 2.45) is 5.73 Å². The minimum Gasteiger partial charge on any atom is -0.321 e. The first-order chi connectivity index (χ1) is 4.22. The lowest BCUT2D eigenvalue weighted by atomic mass is 10.2. The number of rotatable bonds is 4. The van der Waals surface area contributed by atoms with Crippen molar-refractivity contribution in [1.29, 1.82) is 0 Å². The molecule has 2 N–H and O–H groups in total. The van der Waals surface area contributed by atoms with Gasteiger partial charge in [-0.2, -0.15) is 12.6 Å². The predicted molar refractivity (Wildman–Crippen MR) is 37.2 cm³/mol. The van der Waals surface area contributed by atoms with Gasteiger partial charge in [0, 0.05) is 5.75 Å². The summed E-state index contributed by atoms with van der Waals surface area (Å²) in [5.74, 6) is -0.108. The molecule has 9 heavy (non-hydrogen) atoms. The Morgan fingerprint density at radius 1 is 1.78 bits per heavy atom. The summed E-state index contributed by atoms with van der Waals surface area (Å²) in [6.07, 6.45) is 1.33. The van der Waals surface area contributed by atoms with Gasteiger partial charge in [-0.3, -0.25) is 4.79 Å². The topological polar surface area (TPSA) is 60.2 Å². The maximum absolute atomic E-state index is 10.5. The Kier molecular flexibility index (Phi) is 4.35. The van der Waals surface area contributed by atoms with Gasteiger partial charge in [0.05, 0.1) is 12.5 Å². The van der Waals surface area contributed by atoms with E-state index in [9.17, 15) is 9.59 Å². The Labute approximate surface area is 59.0 Å². The molecule has 0 aromatic carbocycles. The summed E-state index contributed by atoms with van der Waals surface area (Å²) in [4.78, 5) is 20.2. The van der Waals surface area contributed by atoms with Crippen LogP contribution in [0.5, 0.6) is 0 Å². The van der Waals surface area contributed by atoms with Gasteiger partial charge in [-0.25, -0.2) is 0 Å². The summed E-state index contributed by atoms with van der Waals surface area (Å²) in [6.45, 7) is 0. The third-order valence-corrected chi connectivity index (χ3v) is 1.19. The number of hydrogen-bond acceptors (Lipinski definition) is 4. The molecule has 0 aliphatic carbocycles. The molecule has 4 heteroatoms. The second-order valence-corrected chi connectivity index (χ2v) is 1.86. The molecule has 0 amide bonds. The zero-order chi connectivity index (χ0) is 7.28. The number of Topliss-reactive ketones (excluding diaryl/α,β-unsaturated/α-hetero) is 1. The normalized spacial score (nSPS) is 12.7. The Morgan fingerprint density at radius 2 is 2.33 bits per heavy atom. The van der Waals surface area contributed by atoms with Gasteiger partial charge in [-0.1, -0.05) is 0 Å². The Bertz CT molecular complexity index is 116. The average molecular weight is 146 g/mol. The molecule has 0 aliphatic heterocycles. The van der Waals surface area contributed by atoms with Gasteiger partial charge in [0.2, 0.25) is 0 Å². The predicted octanol–water partition coefficient (Wildman–Crippen LogP) is -0.784. The molecule has 1 atom stereocenters. The lowest BCUT2D eigenvalue weighted by molar-refractivity contribution is -0.118. The van der Waals surface area contributed by atoms with Gasteiger partial charge in [0.25, 0.3) is 0 Å². The molecule has 0 saturated heterocycles. The van der Waals surface area contributed by atoms with Gasteiger partial charge in [-0.15, -0.1) is 0 Å². The van der Waals surface area contributed by atoms with Crippen molar-refractivity contribution in [3.63, 3.8) is 0 Å². The van der Waals surface area contributed by atoms with Crippen molar-refractivity contribution >= 4 is 24.7 Å². The Morgan fingerprint density at radius 3 is 2.67 bits per heavy atom. The number of carbonyl (C=O) groups excluding carboxylic acids is 2. The number of nitrogens with two attached hydrogens (primary N) is 1. The van der Waals surface area contributed by atoms with E-state index >= 15 is 0 Å². The zero-order valence-electron chi connectivity index (χ0n) is 4.78. The maximum atomic E-state index is 10.5. The van der Waals surface area contributed by atoms with E-state index in [4.69, 9.17) is 5.73 Å². The molecule has 0 fully saturated rings. The standard InChI is InChI=1S/C5H8NO2S/c6-4(3-9)5(8)1-2-7/h1-2,4,9H,3,6H2/t4-/m0/s1. The second-order valence-electron chi connectivity index (χ2n) is 1.49. The molecule has 0 bridgehead atoms. The van der Waals surface area contributed by atoms with Crippen LogP contribution in [0.1, 0.15) is 0 Å². The van der Waals surface area contributed by atoms with E-state index in [1.165, 1.54) is 0 Å². The minimum atomic E-state index is -0.640. The molecule has 0 spiro atoms. The molecule has 0 heterocycles. The summed E-state index contributed by atoms with van der Waals surface area (Å²) in [5.41, 5.74) is 5.19. The van der Waals surface area contributed by atoms with E-state index in [1.54, 1.807) is 0 Å². The van der Waals surface area contributed by atoms with Crippen molar-refractivity contribution in [1.82, 2.24) is 0 Å². The van der Waals surface area contributed by atoms with E-state index in [2.05, 4.69) is 12.6 Å².